The average molecular weight is 386 g/mol. The fourth-order valence-corrected chi connectivity index (χ4v) is 6.63. The smallest absolute Gasteiger partial charge is 0.352 e. The van der Waals surface area contributed by atoms with Crippen LogP contribution in [0.4, 0.5) is 13.2 Å². The number of hydrogen-bond donors (Lipinski definition) is 2. The Morgan fingerprint density at radius 1 is 0.926 bits per heavy atom. The van der Waals surface area contributed by atoms with Gasteiger partial charge in [0.25, 0.3) is 0 Å². The highest BCUT2D eigenvalue weighted by Crippen LogP contribution is 2.60. The molecule has 0 aromatic heterocycles. The molecule has 152 valence electrons. The normalized spacial score (nSPS) is 40.6. The molecule has 5 fully saturated rings. The predicted octanol–water partition coefficient (Wildman–Crippen LogP) is 3.56. The van der Waals surface area contributed by atoms with Crippen LogP contribution in [0.2, 0.25) is 0 Å². The van der Waals surface area contributed by atoms with Gasteiger partial charge in [-0.05, 0) is 75.5 Å². The van der Waals surface area contributed by atoms with Crippen LogP contribution in [0.15, 0.2) is 0 Å². The van der Waals surface area contributed by atoms with Crippen molar-refractivity contribution >= 4 is 11.8 Å². The number of halogens is 3. The summed E-state index contributed by atoms with van der Waals surface area (Å²) >= 11 is 0. The minimum Gasteiger partial charge on any atom is -0.352 e. The Labute approximate surface area is 158 Å². The number of amides is 2. The number of nitrogens with one attached hydrogen (secondary N) is 2. The van der Waals surface area contributed by atoms with Crippen LogP contribution in [0, 0.1) is 29.1 Å². The monoisotopic (exact) mass is 386 g/mol. The third-order valence-electron chi connectivity index (χ3n) is 7.43. The molecule has 2 N–H and O–H groups in total. The Hall–Kier alpha value is -1.27. The van der Waals surface area contributed by atoms with Crippen LogP contribution in [0.1, 0.15) is 64.2 Å². The summed E-state index contributed by atoms with van der Waals surface area (Å²) in [4.78, 5) is 25.0. The molecule has 0 spiro atoms. The van der Waals surface area contributed by atoms with E-state index in [0.717, 1.165) is 19.3 Å². The molecule has 5 rings (SSSR count). The molecule has 2 atom stereocenters. The van der Waals surface area contributed by atoms with Crippen LogP contribution in [0.5, 0.6) is 0 Å². The van der Waals surface area contributed by atoms with Crippen molar-refractivity contribution in [1.82, 2.24) is 10.6 Å². The van der Waals surface area contributed by atoms with Gasteiger partial charge in [-0.15, -0.1) is 0 Å². The van der Waals surface area contributed by atoms with Gasteiger partial charge in [-0.1, -0.05) is 6.42 Å². The Kier molecular flexibility index (Phi) is 4.91. The van der Waals surface area contributed by atoms with Gasteiger partial charge in [0.1, 0.15) is 0 Å². The van der Waals surface area contributed by atoms with Crippen LogP contribution in [-0.4, -0.2) is 30.6 Å². The second-order valence-corrected chi connectivity index (χ2v) is 9.55. The van der Waals surface area contributed by atoms with E-state index in [2.05, 4.69) is 10.6 Å². The van der Waals surface area contributed by atoms with Crippen molar-refractivity contribution < 1.29 is 22.8 Å². The van der Waals surface area contributed by atoms with Crippen molar-refractivity contribution in [2.45, 2.75) is 76.4 Å². The molecular weight excluding hydrogens is 357 g/mol. The van der Waals surface area contributed by atoms with Gasteiger partial charge in [0.05, 0.1) is 12.5 Å². The maximum atomic E-state index is 12.9. The molecule has 27 heavy (non-hydrogen) atoms. The fourth-order valence-electron chi connectivity index (χ4n) is 6.63. The van der Waals surface area contributed by atoms with E-state index in [1.165, 1.54) is 19.3 Å². The summed E-state index contributed by atoms with van der Waals surface area (Å²) in [6, 6.07) is -0.450. The molecule has 7 heteroatoms. The van der Waals surface area contributed by atoms with Crippen LogP contribution in [0.3, 0.4) is 0 Å². The van der Waals surface area contributed by atoms with E-state index in [9.17, 15) is 22.8 Å². The van der Waals surface area contributed by atoms with Gasteiger partial charge >= 0.3 is 6.18 Å². The summed E-state index contributed by atoms with van der Waals surface area (Å²) in [6.07, 6.45) is 3.45. The molecule has 0 aromatic carbocycles. The SMILES string of the molecule is O=C(CNC(=O)C12CC3CC(CC(C3)C1)C2)N[C@H]1CCC[C@H](C(F)(F)F)C1. The highest BCUT2D eigenvalue weighted by Gasteiger charge is 2.54. The first-order chi connectivity index (χ1) is 12.7. The molecular formula is C20H29F3N2O2. The summed E-state index contributed by atoms with van der Waals surface area (Å²) < 4.78 is 38.7. The molecule has 0 radical (unpaired) electrons. The van der Waals surface area contributed by atoms with Gasteiger partial charge in [0, 0.05) is 11.5 Å². The summed E-state index contributed by atoms with van der Waals surface area (Å²) in [6.45, 7) is -0.131. The largest absolute Gasteiger partial charge is 0.391 e. The third kappa shape index (κ3) is 3.97. The summed E-state index contributed by atoms with van der Waals surface area (Å²) in [5.74, 6) is 0.222. The molecule has 0 saturated heterocycles. The van der Waals surface area contributed by atoms with Crippen molar-refractivity contribution in [3.63, 3.8) is 0 Å². The molecule has 4 bridgehead atoms. The molecule has 5 saturated carbocycles. The second-order valence-electron chi connectivity index (χ2n) is 9.55. The summed E-state index contributed by atoms with van der Waals surface area (Å²) in [5, 5.41) is 5.49. The van der Waals surface area contributed by atoms with Gasteiger partial charge < -0.3 is 10.6 Å². The molecule has 0 heterocycles. The fraction of sp³-hybridized carbons (Fsp3) is 0.900. The van der Waals surface area contributed by atoms with E-state index in [1.54, 1.807) is 0 Å². The maximum Gasteiger partial charge on any atom is 0.391 e. The number of hydrogen-bond acceptors (Lipinski definition) is 2. The quantitative estimate of drug-likeness (QED) is 0.776. The van der Waals surface area contributed by atoms with Crippen molar-refractivity contribution in [2.75, 3.05) is 6.54 Å². The van der Waals surface area contributed by atoms with Gasteiger partial charge in [-0.25, -0.2) is 0 Å². The Morgan fingerprint density at radius 2 is 1.52 bits per heavy atom. The lowest BCUT2D eigenvalue weighted by Gasteiger charge is -2.55. The molecule has 0 aliphatic heterocycles. The van der Waals surface area contributed by atoms with E-state index in [-0.39, 0.29) is 36.6 Å². The summed E-state index contributed by atoms with van der Waals surface area (Å²) in [5.41, 5.74) is -0.304. The zero-order valence-corrected chi connectivity index (χ0v) is 15.6. The average Bonchev–Trinajstić information content (AvgIpc) is 2.58. The molecule has 4 nitrogen and oxygen atoms in total. The Balaban J connectivity index is 1.26. The van der Waals surface area contributed by atoms with E-state index < -0.39 is 18.1 Å². The minimum atomic E-state index is -4.20. The van der Waals surface area contributed by atoms with E-state index >= 15 is 0 Å². The number of alkyl halides is 3. The highest BCUT2D eigenvalue weighted by atomic mass is 19.4. The molecule has 5 aliphatic rings. The van der Waals surface area contributed by atoms with Gasteiger partial charge in [0.2, 0.25) is 11.8 Å². The van der Waals surface area contributed by atoms with Crippen molar-refractivity contribution in [2.24, 2.45) is 29.1 Å². The summed E-state index contributed by atoms with van der Waals surface area (Å²) in [7, 11) is 0. The Bertz CT molecular complexity index is 569. The lowest BCUT2D eigenvalue weighted by atomic mass is 9.49. The van der Waals surface area contributed by atoms with Crippen LogP contribution in [0.25, 0.3) is 0 Å². The molecule has 0 unspecified atom stereocenters. The van der Waals surface area contributed by atoms with Gasteiger partial charge in [-0.3, -0.25) is 9.59 Å². The predicted molar refractivity (Wildman–Crippen MR) is 93.6 cm³/mol. The van der Waals surface area contributed by atoms with E-state index in [0.29, 0.717) is 30.6 Å². The van der Waals surface area contributed by atoms with Crippen LogP contribution in [-0.2, 0) is 9.59 Å². The number of carbonyl (C=O) groups excluding carboxylic acids is 2. The molecule has 0 aromatic rings. The zero-order valence-electron chi connectivity index (χ0n) is 15.6. The zero-order chi connectivity index (χ0) is 19.2. The maximum absolute atomic E-state index is 12.9. The lowest BCUT2D eigenvalue weighted by molar-refractivity contribution is -0.184. The first-order valence-electron chi connectivity index (χ1n) is 10.4. The first-order valence-corrected chi connectivity index (χ1v) is 10.4. The van der Waals surface area contributed by atoms with Crippen molar-refractivity contribution in [3.8, 4) is 0 Å². The first kappa shape index (κ1) is 19.1. The number of rotatable bonds is 4. The van der Waals surface area contributed by atoms with E-state index in [4.69, 9.17) is 0 Å². The van der Waals surface area contributed by atoms with Gasteiger partial charge in [0.15, 0.2) is 0 Å². The molecule has 2 amide bonds. The standard InChI is InChI=1S/C20H29F3N2O2/c21-20(22,23)15-2-1-3-16(7-15)25-17(26)11-24-18(27)19-8-12-4-13(9-19)6-14(5-12)10-19/h12-16H,1-11H2,(H,24,27)(H,25,26)/t12?,13?,14?,15-,16-,19?/m0/s1. The van der Waals surface area contributed by atoms with E-state index in [1.807, 2.05) is 0 Å². The van der Waals surface area contributed by atoms with Gasteiger partial charge in [-0.2, -0.15) is 13.2 Å². The molecule has 5 aliphatic carbocycles. The highest BCUT2D eigenvalue weighted by molar-refractivity contribution is 5.88. The van der Waals surface area contributed by atoms with Crippen molar-refractivity contribution in [3.05, 3.63) is 0 Å². The lowest BCUT2D eigenvalue weighted by Crippen LogP contribution is -2.55. The van der Waals surface area contributed by atoms with Crippen molar-refractivity contribution in [1.29, 1.82) is 0 Å². The second kappa shape index (κ2) is 6.96. The number of carbonyl (C=O) groups is 2. The van der Waals surface area contributed by atoms with Crippen LogP contribution >= 0.6 is 0 Å². The Morgan fingerprint density at radius 3 is 2.07 bits per heavy atom. The minimum absolute atomic E-state index is 0.0198. The topological polar surface area (TPSA) is 58.2 Å². The van der Waals surface area contributed by atoms with Crippen LogP contribution < -0.4 is 10.6 Å². The third-order valence-corrected chi connectivity index (χ3v) is 7.43.